The highest BCUT2D eigenvalue weighted by Crippen LogP contribution is 2.16. The molecule has 1 heterocycles. The maximum Gasteiger partial charge on any atom is 0.217 e. The molecule has 0 aliphatic carbocycles. The highest BCUT2D eigenvalue weighted by Gasteiger charge is 2.07. The van der Waals surface area contributed by atoms with Gasteiger partial charge in [-0.2, -0.15) is 0 Å². The molecule has 6 nitrogen and oxygen atoms in total. The molecule has 4 N–H and O–H groups in total. The summed E-state index contributed by atoms with van der Waals surface area (Å²) in [7, 11) is 1.82. The SMILES string of the molecule is CNc1cc(NCCCC(N)=O)nc(C(C)C)n1. The first-order chi connectivity index (χ1) is 8.52. The van der Waals surface area contributed by atoms with Gasteiger partial charge in [0, 0.05) is 32.0 Å². The van der Waals surface area contributed by atoms with E-state index in [4.69, 9.17) is 5.73 Å². The number of hydrogen-bond acceptors (Lipinski definition) is 5. The van der Waals surface area contributed by atoms with E-state index in [-0.39, 0.29) is 11.8 Å². The maximum absolute atomic E-state index is 10.6. The van der Waals surface area contributed by atoms with Crippen LogP contribution in [0.25, 0.3) is 0 Å². The molecule has 0 saturated heterocycles. The van der Waals surface area contributed by atoms with Gasteiger partial charge in [0.25, 0.3) is 0 Å². The largest absolute Gasteiger partial charge is 0.373 e. The minimum Gasteiger partial charge on any atom is -0.373 e. The van der Waals surface area contributed by atoms with E-state index in [0.29, 0.717) is 19.4 Å². The number of hydrogen-bond donors (Lipinski definition) is 3. The summed E-state index contributed by atoms with van der Waals surface area (Å²) in [5, 5.41) is 6.18. The van der Waals surface area contributed by atoms with Crippen molar-refractivity contribution >= 4 is 17.5 Å². The molecule has 0 radical (unpaired) electrons. The fourth-order valence-corrected chi connectivity index (χ4v) is 1.42. The Morgan fingerprint density at radius 2 is 2.06 bits per heavy atom. The molecule has 0 fully saturated rings. The Morgan fingerprint density at radius 3 is 2.61 bits per heavy atom. The number of nitrogens with one attached hydrogen (secondary N) is 2. The van der Waals surface area contributed by atoms with Crippen molar-refractivity contribution in [3.63, 3.8) is 0 Å². The van der Waals surface area contributed by atoms with E-state index in [1.165, 1.54) is 0 Å². The second-order valence-corrected chi connectivity index (χ2v) is 4.40. The van der Waals surface area contributed by atoms with Crippen LogP contribution in [0.4, 0.5) is 11.6 Å². The fraction of sp³-hybridized carbons (Fsp3) is 0.583. The lowest BCUT2D eigenvalue weighted by atomic mass is 10.2. The zero-order chi connectivity index (χ0) is 13.5. The quantitative estimate of drug-likeness (QED) is 0.635. The summed E-state index contributed by atoms with van der Waals surface area (Å²) in [5.74, 6) is 2.33. The van der Waals surface area contributed by atoms with Crippen LogP contribution in [0.1, 0.15) is 38.4 Å². The minimum atomic E-state index is -0.279. The summed E-state index contributed by atoms with van der Waals surface area (Å²) in [6.45, 7) is 4.76. The summed E-state index contributed by atoms with van der Waals surface area (Å²) in [6, 6.07) is 1.84. The lowest BCUT2D eigenvalue weighted by Gasteiger charge is -2.11. The lowest BCUT2D eigenvalue weighted by Crippen LogP contribution is -2.13. The molecular weight excluding hydrogens is 230 g/mol. The third-order valence-electron chi connectivity index (χ3n) is 2.42. The first-order valence-corrected chi connectivity index (χ1v) is 6.12. The topological polar surface area (TPSA) is 92.9 Å². The summed E-state index contributed by atoms with van der Waals surface area (Å²) in [5.41, 5.74) is 5.08. The molecule has 0 atom stereocenters. The average Bonchev–Trinajstić information content (AvgIpc) is 2.34. The number of nitrogens with zero attached hydrogens (tertiary/aromatic N) is 2. The van der Waals surface area contributed by atoms with E-state index in [0.717, 1.165) is 17.5 Å². The average molecular weight is 251 g/mol. The highest BCUT2D eigenvalue weighted by atomic mass is 16.1. The third kappa shape index (κ3) is 4.57. The predicted molar refractivity (Wildman–Crippen MR) is 72.6 cm³/mol. The van der Waals surface area contributed by atoms with Crippen LogP contribution >= 0.6 is 0 Å². The van der Waals surface area contributed by atoms with Gasteiger partial charge in [0.2, 0.25) is 5.91 Å². The molecule has 0 aromatic carbocycles. The van der Waals surface area contributed by atoms with Gasteiger partial charge in [0.05, 0.1) is 0 Å². The van der Waals surface area contributed by atoms with E-state index in [9.17, 15) is 4.79 Å². The van der Waals surface area contributed by atoms with Crippen molar-refractivity contribution in [2.24, 2.45) is 5.73 Å². The Kier molecular flexibility index (Phi) is 5.35. The molecule has 18 heavy (non-hydrogen) atoms. The number of anilines is 2. The van der Waals surface area contributed by atoms with Gasteiger partial charge in [-0.05, 0) is 6.42 Å². The second-order valence-electron chi connectivity index (χ2n) is 4.40. The molecular formula is C12H21N5O. The minimum absolute atomic E-state index is 0.268. The molecule has 1 rings (SSSR count). The molecule has 1 aromatic rings. The van der Waals surface area contributed by atoms with Crippen LogP contribution in [0.2, 0.25) is 0 Å². The van der Waals surface area contributed by atoms with E-state index in [2.05, 4.69) is 20.6 Å². The van der Waals surface area contributed by atoms with Crippen LogP contribution < -0.4 is 16.4 Å². The molecule has 1 amide bonds. The number of aromatic nitrogens is 2. The van der Waals surface area contributed by atoms with E-state index in [1.807, 2.05) is 27.0 Å². The van der Waals surface area contributed by atoms with Crippen LogP contribution in [-0.2, 0) is 4.79 Å². The lowest BCUT2D eigenvalue weighted by molar-refractivity contribution is -0.118. The fourth-order valence-electron chi connectivity index (χ4n) is 1.42. The van der Waals surface area contributed by atoms with Gasteiger partial charge >= 0.3 is 0 Å². The van der Waals surface area contributed by atoms with Crippen molar-refractivity contribution in [1.82, 2.24) is 9.97 Å². The van der Waals surface area contributed by atoms with E-state index >= 15 is 0 Å². The molecule has 1 aromatic heterocycles. The van der Waals surface area contributed by atoms with Crippen molar-refractivity contribution in [2.75, 3.05) is 24.2 Å². The van der Waals surface area contributed by atoms with Gasteiger partial charge in [-0.15, -0.1) is 0 Å². The van der Waals surface area contributed by atoms with Gasteiger partial charge in [0.1, 0.15) is 17.5 Å². The van der Waals surface area contributed by atoms with Crippen LogP contribution in [0.3, 0.4) is 0 Å². The molecule has 0 aliphatic rings. The summed E-state index contributed by atoms with van der Waals surface area (Å²) < 4.78 is 0. The number of carbonyl (C=O) groups excluding carboxylic acids is 1. The van der Waals surface area contributed by atoms with Crippen molar-refractivity contribution in [1.29, 1.82) is 0 Å². The first kappa shape index (κ1) is 14.2. The summed E-state index contributed by atoms with van der Waals surface area (Å²) in [4.78, 5) is 19.4. The van der Waals surface area contributed by atoms with Gasteiger partial charge in [-0.3, -0.25) is 4.79 Å². The first-order valence-electron chi connectivity index (χ1n) is 6.12. The second kappa shape index (κ2) is 6.78. The van der Waals surface area contributed by atoms with Gasteiger partial charge in [-0.1, -0.05) is 13.8 Å². The van der Waals surface area contributed by atoms with E-state index < -0.39 is 0 Å². The van der Waals surface area contributed by atoms with Crippen molar-refractivity contribution in [3.05, 3.63) is 11.9 Å². The van der Waals surface area contributed by atoms with E-state index in [1.54, 1.807) is 0 Å². The Balaban J connectivity index is 2.63. The molecule has 0 spiro atoms. The van der Waals surface area contributed by atoms with Crippen molar-refractivity contribution in [2.45, 2.75) is 32.6 Å². The van der Waals surface area contributed by atoms with Crippen LogP contribution in [0.15, 0.2) is 6.07 Å². The van der Waals surface area contributed by atoms with Crippen molar-refractivity contribution in [3.8, 4) is 0 Å². The standard InChI is InChI=1S/C12H21N5O/c1-8(2)12-16-10(14-3)7-11(17-12)15-6-4-5-9(13)18/h7-8H,4-6H2,1-3H3,(H2,13,18)(H2,14,15,16,17). The molecule has 6 heteroatoms. The number of carbonyl (C=O) groups is 1. The van der Waals surface area contributed by atoms with Gasteiger partial charge in [-0.25, -0.2) is 9.97 Å². The van der Waals surface area contributed by atoms with Crippen LogP contribution in [0, 0.1) is 0 Å². The molecule has 0 saturated carbocycles. The number of primary amides is 1. The molecule has 0 bridgehead atoms. The highest BCUT2D eigenvalue weighted by molar-refractivity contribution is 5.73. The monoisotopic (exact) mass is 251 g/mol. The zero-order valence-electron chi connectivity index (χ0n) is 11.2. The smallest absolute Gasteiger partial charge is 0.217 e. The Bertz CT molecular complexity index is 405. The normalized spacial score (nSPS) is 10.4. The summed E-state index contributed by atoms with van der Waals surface area (Å²) >= 11 is 0. The van der Waals surface area contributed by atoms with Gasteiger partial charge < -0.3 is 16.4 Å². The number of nitrogens with two attached hydrogens (primary N) is 1. The van der Waals surface area contributed by atoms with Crippen LogP contribution in [0.5, 0.6) is 0 Å². The zero-order valence-corrected chi connectivity index (χ0v) is 11.2. The number of amides is 1. The van der Waals surface area contributed by atoms with Crippen LogP contribution in [-0.4, -0.2) is 29.5 Å². The molecule has 100 valence electrons. The summed E-state index contributed by atoms with van der Waals surface area (Å²) in [6.07, 6.45) is 1.08. The molecule has 0 aliphatic heterocycles. The van der Waals surface area contributed by atoms with Gasteiger partial charge in [0.15, 0.2) is 0 Å². The Hall–Kier alpha value is -1.85. The maximum atomic E-state index is 10.6. The number of rotatable bonds is 7. The Labute approximate surface area is 107 Å². The Morgan fingerprint density at radius 1 is 1.39 bits per heavy atom. The predicted octanol–water partition coefficient (Wildman–Crippen LogP) is 1.32. The third-order valence-corrected chi connectivity index (χ3v) is 2.42. The molecule has 0 unspecified atom stereocenters. The van der Waals surface area contributed by atoms with Crippen molar-refractivity contribution < 1.29 is 4.79 Å².